The van der Waals surface area contributed by atoms with Crippen molar-refractivity contribution in [1.82, 2.24) is 9.78 Å². The maximum atomic E-state index is 11.6. The predicted octanol–water partition coefficient (Wildman–Crippen LogP) is 1.09. The molecular formula is C13H15N3O2. The molecule has 18 heavy (non-hydrogen) atoms. The minimum Gasteiger partial charge on any atom is -0.459 e. The van der Waals surface area contributed by atoms with E-state index in [0.29, 0.717) is 6.54 Å². The van der Waals surface area contributed by atoms with Gasteiger partial charge >= 0.3 is 5.97 Å². The number of aromatic nitrogens is 2. The molecule has 1 heterocycles. The zero-order valence-electron chi connectivity index (χ0n) is 9.95. The van der Waals surface area contributed by atoms with Crippen LogP contribution in [-0.4, -0.2) is 15.7 Å². The Bertz CT molecular complexity index is 508. The lowest BCUT2D eigenvalue weighted by Gasteiger charge is -2.04. The van der Waals surface area contributed by atoms with Gasteiger partial charge in [0, 0.05) is 18.3 Å². The topological polar surface area (TPSA) is 70.1 Å². The number of benzene rings is 1. The number of ether oxygens (including phenoxy) is 1. The number of hydrogen-bond acceptors (Lipinski definition) is 4. The van der Waals surface area contributed by atoms with Crippen LogP contribution in [-0.2, 0) is 29.2 Å². The van der Waals surface area contributed by atoms with E-state index in [1.165, 1.54) is 4.68 Å². The molecule has 2 N–H and O–H groups in total. The zero-order valence-corrected chi connectivity index (χ0v) is 9.95. The van der Waals surface area contributed by atoms with E-state index in [9.17, 15) is 4.79 Å². The van der Waals surface area contributed by atoms with Crippen molar-refractivity contribution in [2.75, 3.05) is 0 Å². The molecule has 0 saturated heterocycles. The third kappa shape index (κ3) is 3.43. The molecule has 0 aliphatic heterocycles. The summed E-state index contributed by atoms with van der Waals surface area (Å²) in [5.74, 6) is -0.314. The van der Waals surface area contributed by atoms with Gasteiger partial charge in [0.25, 0.3) is 0 Å². The van der Waals surface area contributed by atoms with Crippen LogP contribution in [0.4, 0.5) is 0 Å². The van der Waals surface area contributed by atoms with Gasteiger partial charge < -0.3 is 10.5 Å². The lowest BCUT2D eigenvalue weighted by molar-refractivity contribution is -0.145. The lowest BCUT2D eigenvalue weighted by Crippen LogP contribution is -2.13. The zero-order chi connectivity index (χ0) is 12.8. The third-order valence-electron chi connectivity index (χ3n) is 2.46. The number of carbonyl (C=O) groups excluding carboxylic acids is 1. The van der Waals surface area contributed by atoms with E-state index in [1.807, 2.05) is 30.3 Å². The average Bonchev–Trinajstić information content (AvgIpc) is 2.85. The van der Waals surface area contributed by atoms with Crippen LogP contribution in [0.15, 0.2) is 42.7 Å². The molecule has 5 heteroatoms. The first kappa shape index (κ1) is 12.3. The van der Waals surface area contributed by atoms with Gasteiger partial charge in [-0.2, -0.15) is 5.10 Å². The van der Waals surface area contributed by atoms with Crippen LogP contribution < -0.4 is 5.73 Å². The standard InChI is InChI=1S/C13H15N3O2/c14-6-12-7-15-16(8-12)9-13(17)18-10-11-4-2-1-3-5-11/h1-5,7-8H,6,9-10,14H2. The Morgan fingerprint density at radius 3 is 2.72 bits per heavy atom. The quantitative estimate of drug-likeness (QED) is 0.800. The van der Waals surface area contributed by atoms with Crippen LogP contribution in [0.25, 0.3) is 0 Å². The summed E-state index contributed by atoms with van der Waals surface area (Å²) in [6, 6.07) is 9.55. The normalized spacial score (nSPS) is 10.3. The second-order valence-electron chi connectivity index (χ2n) is 3.90. The molecule has 5 nitrogen and oxygen atoms in total. The van der Waals surface area contributed by atoms with Gasteiger partial charge in [0.2, 0.25) is 0 Å². The molecule has 1 aromatic heterocycles. The number of nitrogens with zero attached hydrogens (tertiary/aromatic N) is 2. The second kappa shape index (κ2) is 5.97. The lowest BCUT2D eigenvalue weighted by atomic mass is 10.2. The largest absolute Gasteiger partial charge is 0.459 e. The SMILES string of the molecule is NCc1cnn(CC(=O)OCc2ccccc2)c1. The highest BCUT2D eigenvalue weighted by Crippen LogP contribution is 2.02. The van der Waals surface area contributed by atoms with Crippen molar-refractivity contribution < 1.29 is 9.53 Å². The summed E-state index contributed by atoms with van der Waals surface area (Å²) in [6.07, 6.45) is 3.38. The van der Waals surface area contributed by atoms with Crippen LogP contribution in [0.1, 0.15) is 11.1 Å². The summed E-state index contributed by atoms with van der Waals surface area (Å²) in [7, 11) is 0. The third-order valence-corrected chi connectivity index (χ3v) is 2.46. The summed E-state index contributed by atoms with van der Waals surface area (Å²) in [6.45, 7) is 0.802. The van der Waals surface area contributed by atoms with Crippen molar-refractivity contribution in [3.05, 3.63) is 53.9 Å². The number of rotatable bonds is 5. The highest BCUT2D eigenvalue weighted by atomic mass is 16.5. The fraction of sp³-hybridized carbons (Fsp3) is 0.231. The van der Waals surface area contributed by atoms with Crippen molar-refractivity contribution >= 4 is 5.97 Å². The average molecular weight is 245 g/mol. The highest BCUT2D eigenvalue weighted by Gasteiger charge is 2.05. The number of esters is 1. The molecule has 0 amide bonds. The maximum absolute atomic E-state index is 11.6. The number of hydrogen-bond donors (Lipinski definition) is 1. The van der Waals surface area contributed by atoms with Gasteiger partial charge in [-0.15, -0.1) is 0 Å². The maximum Gasteiger partial charge on any atom is 0.328 e. The van der Waals surface area contributed by atoms with E-state index in [4.69, 9.17) is 10.5 Å². The molecule has 0 spiro atoms. The first-order chi connectivity index (χ1) is 8.78. The van der Waals surface area contributed by atoms with Crippen molar-refractivity contribution in [2.45, 2.75) is 19.7 Å². The molecule has 0 saturated carbocycles. The van der Waals surface area contributed by atoms with E-state index in [-0.39, 0.29) is 19.1 Å². The molecule has 0 radical (unpaired) electrons. The first-order valence-electron chi connectivity index (χ1n) is 5.69. The summed E-state index contributed by atoms with van der Waals surface area (Å²) >= 11 is 0. The minimum absolute atomic E-state index is 0.104. The summed E-state index contributed by atoms with van der Waals surface area (Å²) in [4.78, 5) is 11.6. The predicted molar refractivity (Wildman–Crippen MR) is 66.4 cm³/mol. The van der Waals surface area contributed by atoms with Crippen LogP contribution in [0, 0.1) is 0 Å². The van der Waals surface area contributed by atoms with Gasteiger partial charge in [0.15, 0.2) is 0 Å². The molecule has 94 valence electrons. The Hall–Kier alpha value is -2.14. The van der Waals surface area contributed by atoms with Crippen molar-refractivity contribution in [3.8, 4) is 0 Å². The minimum atomic E-state index is -0.314. The fourth-order valence-corrected chi connectivity index (χ4v) is 1.51. The molecule has 2 aromatic rings. The van der Waals surface area contributed by atoms with E-state index >= 15 is 0 Å². The van der Waals surface area contributed by atoms with Gasteiger partial charge in [-0.3, -0.25) is 9.48 Å². The molecular weight excluding hydrogens is 230 g/mol. The van der Waals surface area contributed by atoms with Crippen molar-refractivity contribution in [1.29, 1.82) is 0 Å². The first-order valence-corrected chi connectivity index (χ1v) is 5.69. The van der Waals surface area contributed by atoms with Gasteiger partial charge in [-0.05, 0) is 5.56 Å². The summed E-state index contributed by atoms with van der Waals surface area (Å²) in [5, 5.41) is 4.02. The van der Waals surface area contributed by atoms with E-state index in [1.54, 1.807) is 12.4 Å². The van der Waals surface area contributed by atoms with Gasteiger partial charge in [0.1, 0.15) is 13.2 Å². The Morgan fingerprint density at radius 2 is 2.06 bits per heavy atom. The molecule has 0 unspecified atom stereocenters. The van der Waals surface area contributed by atoms with Crippen LogP contribution >= 0.6 is 0 Å². The number of carbonyl (C=O) groups is 1. The van der Waals surface area contributed by atoms with Crippen LogP contribution in [0.2, 0.25) is 0 Å². The van der Waals surface area contributed by atoms with E-state index < -0.39 is 0 Å². The molecule has 0 atom stereocenters. The molecule has 0 aliphatic carbocycles. The van der Waals surface area contributed by atoms with Crippen LogP contribution in [0.5, 0.6) is 0 Å². The van der Waals surface area contributed by atoms with Gasteiger partial charge in [0.05, 0.1) is 6.20 Å². The molecule has 1 aromatic carbocycles. The molecule has 0 fully saturated rings. The Morgan fingerprint density at radius 1 is 1.28 bits per heavy atom. The molecule has 0 aliphatic rings. The second-order valence-corrected chi connectivity index (χ2v) is 3.90. The molecule has 0 bridgehead atoms. The monoisotopic (exact) mass is 245 g/mol. The Labute approximate surface area is 105 Å². The van der Waals surface area contributed by atoms with Crippen molar-refractivity contribution in [3.63, 3.8) is 0 Å². The smallest absolute Gasteiger partial charge is 0.328 e. The van der Waals surface area contributed by atoms with E-state index in [2.05, 4.69) is 5.10 Å². The summed E-state index contributed by atoms with van der Waals surface area (Å²) in [5.41, 5.74) is 7.32. The Kier molecular flexibility index (Phi) is 4.09. The highest BCUT2D eigenvalue weighted by molar-refractivity contribution is 5.69. The number of nitrogens with two attached hydrogens (primary N) is 1. The van der Waals surface area contributed by atoms with Crippen molar-refractivity contribution in [2.24, 2.45) is 5.73 Å². The Balaban J connectivity index is 1.82. The van der Waals surface area contributed by atoms with Gasteiger partial charge in [-0.1, -0.05) is 30.3 Å². The van der Waals surface area contributed by atoms with Gasteiger partial charge in [-0.25, -0.2) is 0 Å². The summed E-state index contributed by atoms with van der Waals surface area (Å²) < 4.78 is 6.67. The molecule has 2 rings (SSSR count). The van der Waals surface area contributed by atoms with Crippen LogP contribution in [0.3, 0.4) is 0 Å². The fourth-order valence-electron chi connectivity index (χ4n) is 1.51. The van der Waals surface area contributed by atoms with E-state index in [0.717, 1.165) is 11.1 Å².